The highest BCUT2D eigenvalue weighted by molar-refractivity contribution is 7.99. The zero-order valence-electron chi connectivity index (χ0n) is 16.8. The average Bonchev–Trinajstić information content (AvgIpc) is 3.03. The molecule has 1 aliphatic heterocycles. The van der Waals surface area contributed by atoms with E-state index >= 15 is 0 Å². The summed E-state index contributed by atoms with van der Waals surface area (Å²) in [5.74, 6) is 4.97. The molecule has 0 spiro atoms. The first-order valence-electron chi connectivity index (χ1n) is 10.2. The average molecular weight is 394 g/mol. The van der Waals surface area contributed by atoms with Crippen molar-refractivity contribution in [1.29, 1.82) is 0 Å². The number of nitrogens with zero attached hydrogens (tertiary/aromatic N) is 5. The molecule has 2 unspecified atom stereocenters. The van der Waals surface area contributed by atoms with Gasteiger partial charge < -0.3 is 9.47 Å². The Bertz CT molecular complexity index is 1000. The second kappa shape index (κ2) is 7.16. The van der Waals surface area contributed by atoms with Crippen molar-refractivity contribution in [2.24, 2.45) is 24.8 Å². The van der Waals surface area contributed by atoms with Gasteiger partial charge in [-0.2, -0.15) is 0 Å². The van der Waals surface area contributed by atoms with Crippen molar-refractivity contribution in [1.82, 2.24) is 24.6 Å². The van der Waals surface area contributed by atoms with E-state index in [0.29, 0.717) is 0 Å². The summed E-state index contributed by atoms with van der Waals surface area (Å²) < 4.78 is 2.12. The van der Waals surface area contributed by atoms with Gasteiger partial charge in [0.15, 0.2) is 11.0 Å². The van der Waals surface area contributed by atoms with Crippen LogP contribution in [0, 0.1) is 24.7 Å². The molecule has 1 saturated carbocycles. The van der Waals surface area contributed by atoms with Gasteiger partial charge >= 0.3 is 0 Å². The van der Waals surface area contributed by atoms with Crippen molar-refractivity contribution in [3.63, 3.8) is 0 Å². The number of pyridine rings is 1. The fraction of sp³-hybridized carbons (Fsp3) is 0.500. The Morgan fingerprint density at radius 3 is 2.75 bits per heavy atom. The maximum atomic E-state index is 4.64. The molecule has 0 bridgehead atoms. The summed E-state index contributed by atoms with van der Waals surface area (Å²) >= 11 is 1.81. The smallest absolute Gasteiger partial charge is 0.191 e. The normalized spacial score (nSPS) is 24.0. The third kappa shape index (κ3) is 3.22. The number of fused-ring (bicyclic) bond motifs is 2. The third-order valence-electron chi connectivity index (χ3n) is 6.49. The Morgan fingerprint density at radius 2 is 1.93 bits per heavy atom. The summed E-state index contributed by atoms with van der Waals surface area (Å²) in [4.78, 5) is 7.28. The molecule has 0 amide bonds. The Balaban J connectivity index is 1.24. The van der Waals surface area contributed by atoms with E-state index in [9.17, 15) is 0 Å². The van der Waals surface area contributed by atoms with Gasteiger partial charge in [-0.05, 0) is 49.8 Å². The molecule has 2 aliphatic rings. The number of piperidine rings is 1. The van der Waals surface area contributed by atoms with Gasteiger partial charge in [0.2, 0.25) is 0 Å². The monoisotopic (exact) mass is 393 g/mol. The first-order valence-corrected chi connectivity index (χ1v) is 11.2. The number of likely N-dealkylation sites (tertiary alicyclic amines) is 1. The van der Waals surface area contributed by atoms with Crippen LogP contribution < -0.4 is 0 Å². The number of aryl methyl sites for hydroxylation is 1. The molecule has 0 N–H and O–H groups in total. The van der Waals surface area contributed by atoms with Gasteiger partial charge in [-0.25, -0.2) is 0 Å². The lowest BCUT2D eigenvalue weighted by molar-refractivity contribution is 0.290. The summed E-state index contributed by atoms with van der Waals surface area (Å²) in [5, 5.41) is 11.1. The standard InChI is InChI=1S/C22H27N5S/c1-14-8-9-16-17(6-4-7-20(16)23-14)21-24-25-22(26(21)3)28-11-5-10-27-12-18-15(2)19(18)13-27/h4,6-9,15,18-19H,5,10-13H2,1-3H3. The molecule has 5 nitrogen and oxygen atoms in total. The number of aromatic nitrogens is 4. The van der Waals surface area contributed by atoms with E-state index in [1.54, 1.807) is 0 Å². The minimum Gasteiger partial charge on any atom is -0.305 e. The van der Waals surface area contributed by atoms with E-state index in [4.69, 9.17) is 0 Å². The second-order valence-electron chi connectivity index (χ2n) is 8.34. The lowest BCUT2D eigenvalue weighted by Crippen LogP contribution is -2.25. The van der Waals surface area contributed by atoms with Crippen LogP contribution in [-0.2, 0) is 7.05 Å². The number of thioether (sulfide) groups is 1. The van der Waals surface area contributed by atoms with Gasteiger partial charge in [-0.3, -0.25) is 4.98 Å². The van der Waals surface area contributed by atoms with Crippen LogP contribution in [0.1, 0.15) is 19.0 Å². The van der Waals surface area contributed by atoms with Gasteiger partial charge in [-0.15, -0.1) is 10.2 Å². The van der Waals surface area contributed by atoms with Crippen molar-refractivity contribution in [3.05, 3.63) is 36.0 Å². The summed E-state index contributed by atoms with van der Waals surface area (Å²) in [6.45, 7) is 8.28. The van der Waals surface area contributed by atoms with E-state index in [1.165, 1.54) is 26.1 Å². The predicted molar refractivity (Wildman–Crippen MR) is 114 cm³/mol. The highest BCUT2D eigenvalue weighted by Crippen LogP contribution is 2.51. The Morgan fingerprint density at radius 1 is 1.11 bits per heavy atom. The summed E-state index contributed by atoms with van der Waals surface area (Å²) in [7, 11) is 2.06. The van der Waals surface area contributed by atoms with Crippen LogP contribution in [0.2, 0.25) is 0 Å². The van der Waals surface area contributed by atoms with E-state index < -0.39 is 0 Å². The summed E-state index contributed by atoms with van der Waals surface area (Å²) in [6, 6.07) is 10.4. The van der Waals surface area contributed by atoms with Crippen LogP contribution >= 0.6 is 11.8 Å². The van der Waals surface area contributed by atoms with Crippen LogP contribution in [-0.4, -0.2) is 50.0 Å². The lowest BCUT2D eigenvalue weighted by atomic mass is 10.1. The van der Waals surface area contributed by atoms with Crippen LogP contribution in [0.25, 0.3) is 22.3 Å². The molecule has 1 saturated heterocycles. The van der Waals surface area contributed by atoms with Gasteiger partial charge in [0, 0.05) is 42.5 Å². The van der Waals surface area contributed by atoms with Crippen LogP contribution in [0.15, 0.2) is 35.5 Å². The zero-order chi connectivity index (χ0) is 19.3. The van der Waals surface area contributed by atoms with Crippen LogP contribution in [0.3, 0.4) is 0 Å². The lowest BCUT2D eigenvalue weighted by Gasteiger charge is -2.17. The highest BCUT2D eigenvalue weighted by Gasteiger charge is 2.52. The SMILES string of the molecule is Cc1ccc2c(-c3nnc(SCCCN4CC5C(C)C5C4)n3C)cccc2n1. The van der Waals surface area contributed by atoms with Crippen molar-refractivity contribution in [2.45, 2.75) is 25.4 Å². The Labute approximate surface area is 170 Å². The van der Waals surface area contributed by atoms with E-state index in [1.807, 2.05) is 24.8 Å². The molecule has 6 heteroatoms. The fourth-order valence-corrected chi connectivity index (χ4v) is 5.51. The molecule has 0 radical (unpaired) electrons. The molecule has 3 heterocycles. The Kier molecular flexibility index (Phi) is 4.63. The molecule has 28 heavy (non-hydrogen) atoms. The maximum absolute atomic E-state index is 4.64. The maximum Gasteiger partial charge on any atom is 0.191 e. The van der Waals surface area contributed by atoms with Crippen LogP contribution in [0.5, 0.6) is 0 Å². The van der Waals surface area contributed by atoms with Crippen molar-refractivity contribution in [3.8, 4) is 11.4 Å². The Hall–Kier alpha value is -1.92. The van der Waals surface area contributed by atoms with Gasteiger partial charge in [0.1, 0.15) is 0 Å². The van der Waals surface area contributed by atoms with Crippen molar-refractivity contribution in [2.75, 3.05) is 25.4 Å². The molecule has 5 rings (SSSR count). The topological polar surface area (TPSA) is 46.8 Å². The minimum atomic E-state index is 0.910. The second-order valence-corrected chi connectivity index (χ2v) is 9.40. The van der Waals surface area contributed by atoms with E-state index in [-0.39, 0.29) is 0 Å². The predicted octanol–water partition coefficient (Wildman–Crippen LogP) is 4.02. The van der Waals surface area contributed by atoms with Gasteiger partial charge in [0.25, 0.3) is 0 Å². The van der Waals surface area contributed by atoms with Crippen molar-refractivity contribution >= 4 is 22.7 Å². The molecule has 2 atom stereocenters. The van der Waals surface area contributed by atoms with Crippen LogP contribution in [0.4, 0.5) is 0 Å². The van der Waals surface area contributed by atoms with Gasteiger partial charge in [-0.1, -0.05) is 36.9 Å². The number of hydrogen-bond donors (Lipinski definition) is 0. The van der Waals surface area contributed by atoms with E-state index in [2.05, 4.69) is 62.9 Å². The molecular weight excluding hydrogens is 366 g/mol. The van der Waals surface area contributed by atoms with E-state index in [0.717, 1.165) is 56.6 Å². The number of hydrogen-bond acceptors (Lipinski definition) is 5. The fourth-order valence-electron chi connectivity index (χ4n) is 4.67. The largest absolute Gasteiger partial charge is 0.305 e. The molecular formula is C22H27N5S. The van der Waals surface area contributed by atoms with Gasteiger partial charge in [0.05, 0.1) is 5.52 Å². The third-order valence-corrected chi connectivity index (χ3v) is 7.60. The first kappa shape index (κ1) is 18.1. The molecule has 146 valence electrons. The summed E-state index contributed by atoms with van der Waals surface area (Å²) in [5.41, 5.74) is 3.13. The highest BCUT2D eigenvalue weighted by atomic mass is 32.2. The van der Waals surface area contributed by atoms with Crippen molar-refractivity contribution < 1.29 is 0 Å². The summed E-state index contributed by atoms with van der Waals surface area (Å²) in [6.07, 6.45) is 1.21. The molecule has 1 aliphatic carbocycles. The number of benzene rings is 1. The minimum absolute atomic E-state index is 0.910. The quantitative estimate of drug-likeness (QED) is 0.468. The molecule has 1 aromatic carbocycles. The molecule has 2 fully saturated rings. The molecule has 2 aromatic heterocycles. The number of rotatable bonds is 6. The first-order chi connectivity index (χ1) is 13.6. The zero-order valence-corrected chi connectivity index (χ0v) is 17.6. The molecule has 3 aromatic rings.